The predicted molar refractivity (Wildman–Crippen MR) is 155 cm³/mol. The Morgan fingerprint density at radius 1 is 1.13 bits per heavy atom. The van der Waals surface area contributed by atoms with E-state index in [4.69, 9.17) is 4.74 Å². The summed E-state index contributed by atoms with van der Waals surface area (Å²) in [5.74, 6) is 0. The van der Waals surface area contributed by atoms with Crippen LogP contribution in [0, 0.1) is 11.3 Å². The molecule has 0 radical (unpaired) electrons. The summed E-state index contributed by atoms with van der Waals surface area (Å²) in [4.78, 5) is 9.23. The van der Waals surface area contributed by atoms with Gasteiger partial charge in [0.2, 0.25) is 0 Å². The first-order valence-electron chi connectivity index (χ1n) is 13.0. The van der Waals surface area contributed by atoms with E-state index in [-0.39, 0.29) is 19.5 Å². The lowest BCUT2D eigenvalue weighted by atomic mass is 9.88. The standard InChI is InChI=1S/C27H35N7O3SSi/c1-31(2)38(35,36)33-17-27(18-33,11-12-28)34-16-23(21-8-6-7-9-24(21)34)25-22-10-13-32(26(22)30-19-29-25)20-37-14-15-39(3,4)5/h6-10,13,16,19H,11,14-15,17-18,20H2,1-5H3. The van der Waals surface area contributed by atoms with Crippen LogP contribution in [-0.2, 0) is 27.2 Å². The Balaban J connectivity index is 1.53. The summed E-state index contributed by atoms with van der Waals surface area (Å²) >= 11 is 0. The summed E-state index contributed by atoms with van der Waals surface area (Å²) < 4.78 is 38.2. The van der Waals surface area contributed by atoms with Crippen LogP contribution < -0.4 is 0 Å². The van der Waals surface area contributed by atoms with E-state index in [1.807, 2.05) is 47.3 Å². The molecule has 4 heterocycles. The zero-order valence-electron chi connectivity index (χ0n) is 23.1. The first-order chi connectivity index (χ1) is 18.5. The fraction of sp³-hybridized carbons (Fsp3) is 0.444. The highest BCUT2D eigenvalue weighted by Gasteiger charge is 2.50. The second-order valence-corrected chi connectivity index (χ2v) is 19.4. The summed E-state index contributed by atoms with van der Waals surface area (Å²) in [6.45, 7) is 8.60. The fourth-order valence-corrected chi connectivity index (χ4v) is 7.15. The Bertz CT molecular complexity index is 1660. The molecule has 3 aromatic heterocycles. The van der Waals surface area contributed by atoms with Crippen LogP contribution in [0.25, 0.3) is 33.2 Å². The van der Waals surface area contributed by atoms with Crippen molar-refractivity contribution in [1.29, 1.82) is 5.26 Å². The molecule has 0 bridgehead atoms. The molecule has 0 unspecified atom stereocenters. The summed E-state index contributed by atoms with van der Waals surface area (Å²) in [5.41, 5.74) is 2.77. The molecule has 1 fully saturated rings. The van der Waals surface area contributed by atoms with Gasteiger partial charge in [-0.3, -0.25) is 0 Å². The van der Waals surface area contributed by atoms with Crippen LogP contribution in [-0.4, -0.2) is 78.0 Å². The highest BCUT2D eigenvalue weighted by atomic mass is 32.2. The Kier molecular flexibility index (Phi) is 7.15. The molecule has 0 aliphatic carbocycles. The van der Waals surface area contributed by atoms with Crippen LogP contribution in [0.5, 0.6) is 0 Å². The molecule has 0 spiro atoms. The highest BCUT2D eigenvalue weighted by molar-refractivity contribution is 7.86. The maximum absolute atomic E-state index is 12.8. The fourth-order valence-electron chi connectivity index (χ4n) is 5.13. The second-order valence-electron chi connectivity index (χ2n) is 11.6. The number of ether oxygens (including phenoxy) is 1. The minimum absolute atomic E-state index is 0.189. The molecule has 0 atom stereocenters. The SMILES string of the molecule is CN(C)S(=O)(=O)N1CC(CC#N)(n2cc(-c3ncnc4c3ccn4COCC[Si](C)(C)C)c3ccccc32)C1. The number of fused-ring (bicyclic) bond motifs is 2. The van der Waals surface area contributed by atoms with Gasteiger partial charge >= 0.3 is 0 Å². The topological polar surface area (TPSA) is 109 Å². The number of nitrogens with zero attached hydrogens (tertiary/aromatic N) is 7. The Hall–Kier alpha value is -3.08. The number of para-hydroxylation sites is 1. The number of nitriles is 1. The molecule has 206 valence electrons. The average Bonchev–Trinajstić information content (AvgIpc) is 3.45. The molecule has 12 heteroatoms. The van der Waals surface area contributed by atoms with Gasteiger partial charge in [0.15, 0.2) is 0 Å². The molecule has 1 aliphatic heterocycles. The lowest BCUT2D eigenvalue weighted by molar-refractivity contribution is 0.0843. The molecule has 0 amide bonds. The third-order valence-electron chi connectivity index (χ3n) is 7.40. The molecule has 1 saturated heterocycles. The van der Waals surface area contributed by atoms with Gasteiger partial charge in [-0.25, -0.2) is 9.97 Å². The van der Waals surface area contributed by atoms with Gasteiger partial charge in [0.25, 0.3) is 10.2 Å². The number of rotatable bonds is 10. The van der Waals surface area contributed by atoms with Crippen molar-refractivity contribution in [2.24, 2.45) is 0 Å². The molecule has 39 heavy (non-hydrogen) atoms. The van der Waals surface area contributed by atoms with Crippen LogP contribution in [0.1, 0.15) is 6.42 Å². The van der Waals surface area contributed by atoms with E-state index in [9.17, 15) is 13.7 Å². The van der Waals surface area contributed by atoms with E-state index >= 15 is 0 Å². The molecule has 0 saturated carbocycles. The van der Waals surface area contributed by atoms with Crippen LogP contribution >= 0.6 is 0 Å². The number of benzene rings is 1. The zero-order valence-corrected chi connectivity index (χ0v) is 24.9. The molecule has 0 N–H and O–H groups in total. The lowest BCUT2D eigenvalue weighted by Gasteiger charge is -2.49. The van der Waals surface area contributed by atoms with Gasteiger partial charge in [-0.15, -0.1) is 0 Å². The van der Waals surface area contributed by atoms with E-state index in [1.54, 1.807) is 6.33 Å². The lowest BCUT2D eigenvalue weighted by Crippen LogP contribution is -2.65. The summed E-state index contributed by atoms with van der Waals surface area (Å²) in [7, 11) is -1.70. The van der Waals surface area contributed by atoms with E-state index < -0.39 is 23.8 Å². The minimum Gasteiger partial charge on any atom is -0.361 e. The van der Waals surface area contributed by atoms with Gasteiger partial charge in [0.05, 0.1) is 23.7 Å². The van der Waals surface area contributed by atoms with Crippen LogP contribution in [0.2, 0.25) is 25.7 Å². The number of hydrogen-bond donors (Lipinski definition) is 0. The maximum Gasteiger partial charge on any atom is 0.281 e. The largest absolute Gasteiger partial charge is 0.361 e. The smallest absolute Gasteiger partial charge is 0.281 e. The quantitative estimate of drug-likeness (QED) is 0.212. The van der Waals surface area contributed by atoms with Crippen LogP contribution in [0.15, 0.2) is 49.1 Å². The van der Waals surface area contributed by atoms with Crippen LogP contribution in [0.4, 0.5) is 0 Å². The van der Waals surface area contributed by atoms with Crippen molar-refractivity contribution in [1.82, 2.24) is 27.7 Å². The third-order valence-corrected chi connectivity index (χ3v) is 10.9. The number of hydrogen-bond acceptors (Lipinski definition) is 6. The summed E-state index contributed by atoms with van der Waals surface area (Å²) in [6, 6.07) is 13.4. The molecular formula is C27H35N7O3SSi. The van der Waals surface area contributed by atoms with Gasteiger partial charge in [-0.1, -0.05) is 37.8 Å². The zero-order chi connectivity index (χ0) is 28.0. The first-order valence-corrected chi connectivity index (χ1v) is 18.1. The van der Waals surface area contributed by atoms with Crippen molar-refractivity contribution in [3.8, 4) is 17.3 Å². The maximum atomic E-state index is 12.8. The Labute approximate surface area is 230 Å². The van der Waals surface area contributed by atoms with Gasteiger partial charge in [0.1, 0.15) is 18.7 Å². The van der Waals surface area contributed by atoms with Gasteiger partial charge in [0, 0.05) is 76.1 Å². The summed E-state index contributed by atoms with van der Waals surface area (Å²) in [5, 5.41) is 11.6. The second kappa shape index (κ2) is 10.1. The monoisotopic (exact) mass is 565 g/mol. The van der Waals surface area contributed by atoms with Crippen LogP contribution in [0.3, 0.4) is 0 Å². The van der Waals surface area contributed by atoms with Crippen molar-refractivity contribution >= 4 is 40.2 Å². The van der Waals surface area contributed by atoms with E-state index in [0.717, 1.165) is 45.8 Å². The van der Waals surface area contributed by atoms with Gasteiger partial charge < -0.3 is 13.9 Å². The Morgan fingerprint density at radius 3 is 2.56 bits per heavy atom. The van der Waals surface area contributed by atoms with E-state index in [0.29, 0.717) is 6.73 Å². The molecular weight excluding hydrogens is 530 g/mol. The molecule has 10 nitrogen and oxygen atoms in total. The molecule has 5 rings (SSSR count). The van der Waals surface area contributed by atoms with E-state index in [2.05, 4.69) is 40.2 Å². The number of aromatic nitrogens is 4. The normalized spacial score (nSPS) is 16.1. The minimum atomic E-state index is -3.57. The van der Waals surface area contributed by atoms with Gasteiger partial charge in [-0.05, 0) is 18.2 Å². The molecule has 1 aromatic carbocycles. The summed E-state index contributed by atoms with van der Waals surface area (Å²) in [6.07, 6.45) is 5.76. The van der Waals surface area contributed by atoms with Crippen molar-refractivity contribution < 1.29 is 13.2 Å². The molecule has 4 aromatic rings. The van der Waals surface area contributed by atoms with Crippen molar-refractivity contribution in [2.75, 3.05) is 33.8 Å². The Morgan fingerprint density at radius 2 is 1.87 bits per heavy atom. The highest BCUT2D eigenvalue weighted by Crippen LogP contribution is 2.42. The van der Waals surface area contributed by atoms with E-state index in [1.165, 1.54) is 22.7 Å². The van der Waals surface area contributed by atoms with Crippen molar-refractivity contribution in [2.45, 2.75) is 44.4 Å². The van der Waals surface area contributed by atoms with Gasteiger partial charge in [-0.2, -0.15) is 22.3 Å². The van der Waals surface area contributed by atoms with Crippen molar-refractivity contribution in [3.63, 3.8) is 0 Å². The first kappa shape index (κ1) is 27.5. The third kappa shape index (κ3) is 5.01. The predicted octanol–water partition coefficient (Wildman–Crippen LogP) is 4.10. The average molecular weight is 566 g/mol. The molecule has 1 aliphatic rings. The van der Waals surface area contributed by atoms with Crippen molar-refractivity contribution in [3.05, 3.63) is 49.1 Å².